The van der Waals surface area contributed by atoms with E-state index in [1.54, 1.807) is 11.8 Å². The highest BCUT2D eigenvalue weighted by Gasteiger charge is 2.22. The molecule has 0 radical (unpaired) electrons. The zero-order valence-electron chi connectivity index (χ0n) is 18.1. The molecule has 0 amide bonds. The number of piperidine rings is 1. The van der Waals surface area contributed by atoms with E-state index in [0.29, 0.717) is 12.5 Å². The van der Waals surface area contributed by atoms with E-state index >= 15 is 0 Å². The van der Waals surface area contributed by atoms with Crippen molar-refractivity contribution in [2.45, 2.75) is 41.2 Å². The van der Waals surface area contributed by atoms with Gasteiger partial charge in [-0.05, 0) is 50.7 Å². The Morgan fingerprint density at radius 1 is 1.16 bits per heavy atom. The van der Waals surface area contributed by atoms with Gasteiger partial charge in [-0.2, -0.15) is 0 Å². The van der Waals surface area contributed by atoms with E-state index in [1.165, 1.54) is 35.9 Å². The van der Waals surface area contributed by atoms with Gasteiger partial charge in [0.2, 0.25) is 0 Å². The second-order valence-electron chi connectivity index (χ2n) is 8.29. The average Bonchev–Trinajstić information content (AvgIpc) is 3.32. The van der Waals surface area contributed by atoms with Crippen molar-refractivity contribution in [2.24, 2.45) is 5.92 Å². The molecule has 2 fully saturated rings. The molecule has 1 aromatic carbocycles. The third kappa shape index (κ3) is 5.31. The minimum absolute atomic E-state index is 0.107. The molecule has 0 bridgehead atoms. The van der Waals surface area contributed by atoms with Gasteiger partial charge in [0.05, 0.1) is 30.7 Å². The molecule has 4 heterocycles. The summed E-state index contributed by atoms with van der Waals surface area (Å²) in [5.41, 5.74) is 2.54. The van der Waals surface area contributed by atoms with Crippen LogP contribution in [0, 0.1) is 5.92 Å². The maximum atomic E-state index is 6.48. The van der Waals surface area contributed by atoms with E-state index in [9.17, 15) is 0 Å². The van der Waals surface area contributed by atoms with Crippen molar-refractivity contribution in [3.05, 3.63) is 24.0 Å². The quantitative estimate of drug-likeness (QED) is 0.474. The summed E-state index contributed by atoms with van der Waals surface area (Å²) >= 11 is 2.98. The number of fused-ring (bicyclic) bond motifs is 1. The van der Waals surface area contributed by atoms with Gasteiger partial charge in [-0.15, -0.1) is 10.2 Å². The number of aromatic nitrogens is 4. The maximum absolute atomic E-state index is 6.48. The molecular weight excluding hydrogens is 446 g/mol. The highest BCUT2D eigenvalue weighted by molar-refractivity contribution is 8.01. The number of hydrogen-bond donors (Lipinski definition) is 0. The van der Waals surface area contributed by atoms with E-state index in [0.717, 1.165) is 70.9 Å². The van der Waals surface area contributed by atoms with Crippen molar-refractivity contribution >= 4 is 34.0 Å². The van der Waals surface area contributed by atoms with Crippen LogP contribution in [0.2, 0.25) is 0 Å². The molecule has 5 rings (SSSR count). The first-order valence-electron chi connectivity index (χ1n) is 11.0. The highest BCUT2D eigenvalue weighted by Crippen LogP contribution is 2.40. The summed E-state index contributed by atoms with van der Waals surface area (Å²) in [6, 6.07) is 3.99. The molecule has 0 unspecified atom stereocenters. The number of likely N-dealkylation sites (tertiary alicyclic amines) is 1. The number of rotatable bonds is 7. The lowest BCUT2D eigenvalue weighted by atomic mass is 9.98. The van der Waals surface area contributed by atoms with E-state index < -0.39 is 0 Å². The van der Waals surface area contributed by atoms with Gasteiger partial charge in [-0.25, -0.2) is 9.97 Å². The molecule has 2 aliphatic heterocycles. The number of ether oxygens (including phenoxy) is 3. The van der Waals surface area contributed by atoms with Crippen molar-refractivity contribution in [2.75, 3.05) is 40.0 Å². The van der Waals surface area contributed by atoms with Crippen molar-refractivity contribution in [1.29, 1.82) is 0 Å². The van der Waals surface area contributed by atoms with Crippen LogP contribution < -0.4 is 9.47 Å². The first-order valence-corrected chi connectivity index (χ1v) is 12.7. The Morgan fingerprint density at radius 2 is 2.00 bits per heavy atom. The molecule has 32 heavy (non-hydrogen) atoms. The van der Waals surface area contributed by atoms with Gasteiger partial charge in [0.15, 0.2) is 4.34 Å². The molecule has 2 saturated heterocycles. The lowest BCUT2D eigenvalue weighted by Crippen LogP contribution is -2.32. The Hall–Kier alpha value is -2.01. The molecule has 3 aromatic rings. The van der Waals surface area contributed by atoms with Crippen LogP contribution in [-0.2, 0) is 4.74 Å². The van der Waals surface area contributed by atoms with Gasteiger partial charge >= 0.3 is 0 Å². The minimum Gasteiger partial charge on any atom is -0.493 e. The smallest absolute Gasteiger partial charge is 0.180 e. The summed E-state index contributed by atoms with van der Waals surface area (Å²) in [5, 5.41) is 9.80. The van der Waals surface area contributed by atoms with Crippen molar-refractivity contribution in [3.8, 4) is 11.5 Å². The lowest BCUT2D eigenvalue weighted by molar-refractivity contribution is 0.0260. The fourth-order valence-electron chi connectivity index (χ4n) is 4.06. The minimum atomic E-state index is 0.107. The van der Waals surface area contributed by atoms with Crippen LogP contribution in [0.5, 0.6) is 11.5 Å². The Bertz CT molecular complexity index is 1020. The van der Waals surface area contributed by atoms with Crippen LogP contribution >= 0.6 is 23.1 Å². The molecule has 0 atom stereocenters. The van der Waals surface area contributed by atoms with E-state index in [1.807, 2.05) is 12.1 Å². The van der Waals surface area contributed by atoms with Crippen LogP contribution in [0.3, 0.4) is 0 Å². The molecule has 8 nitrogen and oxygen atoms in total. The van der Waals surface area contributed by atoms with Crippen LogP contribution in [0.25, 0.3) is 10.9 Å². The Labute approximate surface area is 195 Å². The first-order chi connectivity index (χ1) is 15.7. The Kier molecular flexibility index (Phi) is 7.01. The van der Waals surface area contributed by atoms with Gasteiger partial charge in [0.25, 0.3) is 0 Å². The third-order valence-corrected chi connectivity index (χ3v) is 7.73. The first kappa shape index (κ1) is 21.8. The third-order valence-electron chi connectivity index (χ3n) is 5.95. The monoisotopic (exact) mass is 473 g/mol. The topological polar surface area (TPSA) is 82.5 Å². The number of benzene rings is 1. The second kappa shape index (κ2) is 10.3. The van der Waals surface area contributed by atoms with Crippen molar-refractivity contribution in [3.63, 3.8) is 0 Å². The fourth-order valence-corrected chi connectivity index (χ4v) is 5.56. The molecule has 2 aliphatic rings. The summed E-state index contributed by atoms with van der Waals surface area (Å²) < 4.78 is 19.1. The van der Waals surface area contributed by atoms with Crippen molar-refractivity contribution < 1.29 is 14.2 Å². The van der Waals surface area contributed by atoms with Crippen LogP contribution in [0.15, 0.2) is 33.3 Å². The van der Waals surface area contributed by atoms with Gasteiger partial charge in [0.1, 0.15) is 34.5 Å². The fraction of sp³-hybridized carbons (Fsp3) is 0.545. The second-order valence-corrected chi connectivity index (χ2v) is 10.4. The Morgan fingerprint density at radius 3 is 2.78 bits per heavy atom. The zero-order chi connectivity index (χ0) is 21.8. The van der Waals surface area contributed by atoms with Crippen LogP contribution in [-0.4, -0.2) is 71.1 Å². The number of hydrogen-bond acceptors (Lipinski definition) is 10. The summed E-state index contributed by atoms with van der Waals surface area (Å²) in [7, 11) is 2.18. The van der Waals surface area contributed by atoms with Crippen LogP contribution in [0.4, 0.5) is 0 Å². The zero-order valence-corrected chi connectivity index (χ0v) is 19.7. The molecule has 170 valence electrons. The molecule has 0 N–H and O–H groups in total. The lowest BCUT2D eigenvalue weighted by Gasteiger charge is -2.29. The standard InChI is InChI=1S/C22H27N5O3S2/c1-27-6-2-15(3-7-27)12-29-17-10-18-20(19(11-17)30-16-4-8-28-9-5-16)21(24-13-23-18)32-22-26-25-14-31-22/h10-11,13-16H,2-9,12H2,1H3. The summed E-state index contributed by atoms with van der Waals surface area (Å²) in [5.74, 6) is 2.14. The maximum Gasteiger partial charge on any atom is 0.180 e. The predicted molar refractivity (Wildman–Crippen MR) is 124 cm³/mol. The molecule has 0 aliphatic carbocycles. The highest BCUT2D eigenvalue weighted by atomic mass is 32.2. The van der Waals surface area contributed by atoms with E-state index in [4.69, 9.17) is 14.2 Å². The van der Waals surface area contributed by atoms with Crippen molar-refractivity contribution in [1.82, 2.24) is 25.1 Å². The molecule has 2 aromatic heterocycles. The largest absolute Gasteiger partial charge is 0.493 e. The van der Waals surface area contributed by atoms with E-state index in [2.05, 4.69) is 32.1 Å². The van der Waals surface area contributed by atoms with Gasteiger partial charge < -0.3 is 19.1 Å². The number of nitrogens with zero attached hydrogens (tertiary/aromatic N) is 5. The summed E-state index contributed by atoms with van der Waals surface area (Å²) in [6.45, 7) is 4.41. The van der Waals surface area contributed by atoms with Gasteiger partial charge in [-0.1, -0.05) is 11.3 Å². The van der Waals surface area contributed by atoms with Crippen LogP contribution in [0.1, 0.15) is 25.7 Å². The SMILES string of the molecule is CN1CCC(COc2cc(OC3CCOCC3)c3c(Sc4nncs4)ncnc3c2)CC1. The predicted octanol–water partition coefficient (Wildman–Crippen LogP) is 3.91. The van der Waals surface area contributed by atoms with E-state index in [-0.39, 0.29) is 6.10 Å². The summed E-state index contributed by atoms with van der Waals surface area (Å²) in [4.78, 5) is 11.4. The molecule has 0 saturated carbocycles. The molecule has 0 spiro atoms. The molecular formula is C22H27N5O3S2. The Balaban J connectivity index is 1.43. The van der Waals surface area contributed by atoms with Gasteiger partial charge in [0, 0.05) is 25.0 Å². The molecule has 10 heteroatoms. The van der Waals surface area contributed by atoms with Gasteiger partial charge in [-0.3, -0.25) is 0 Å². The normalized spacial score (nSPS) is 18.8. The average molecular weight is 474 g/mol. The summed E-state index contributed by atoms with van der Waals surface area (Å²) in [6.07, 6.45) is 5.77.